The summed E-state index contributed by atoms with van der Waals surface area (Å²) in [4.78, 5) is 49.5. The number of hydrogen-bond donors (Lipinski definition) is 6. The second kappa shape index (κ2) is 45.8. The van der Waals surface area contributed by atoms with E-state index in [1.165, 1.54) is 123 Å². The lowest BCUT2D eigenvalue weighted by molar-refractivity contribution is -0.145. The summed E-state index contributed by atoms with van der Waals surface area (Å²) in [6, 6.07) is 47.3. The normalized spacial score (nSPS) is 16.1. The van der Waals surface area contributed by atoms with Gasteiger partial charge in [-0.15, -0.1) is 11.6 Å². The molecular weight excluding hydrogens is 2030 g/mol. The van der Waals surface area contributed by atoms with Crippen LogP contribution in [0.25, 0.3) is 66.2 Å². The van der Waals surface area contributed by atoms with Crippen LogP contribution < -0.4 is 59.2 Å². The number of aliphatic hydroxyl groups excluding tert-OH is 1. The first kappa shape index (κ1) is 84.0. The molecule has 0 aliphatic carbocycles. The molecule has 14 heterocycles. The molecule has 2 fully saturated rings. The summed E-state index contributed by atoms with van der Waals surface area (Å²) in [7, 11) is -4.30. The summed E-state index contributed by atoms with van der Waals surface area (Å²) < 4.78 is 259. The van der Waals surface area contributed by atoms with E-state index < -0.39 is 99.0 Å². The number of rotatable bonds is 21. The van der Waals surface area contributed by atoms with E-state index >= 15 is 13.2 Å². The van der Waals surface area contributed by atoms with Gasteiger partial charge in [-0.05, 0) is 221 Å². The Kier molecular flexibility index (Phi) is 26.3. The summed E-state index contributed by atoms with van der Waals surface area (Å²) in [5.74, 6) is -4.51. The second-order valence-corrected chi connectivity index (χ2v) is 32.0. The van der Waals surface area contributed by atoms with Crippen LogP contribution in [0.15, 0.2) is 245 Å². The summed E-state index contributed by atoms with van der Waals surface area (Å²) in [5, 5.41) is 47.8. The Hall–Kier alpha value is -16.6. The molecule has 0 saturated carbocycles. The van der Waals surface area contributed by atoms with Crippen molar-refractivity contribution >= 4 is 146 Å². The van der Waals surface area contributed by atoms with Crippen molar-refractivity contribution in [3.05, 3.63) is 285 Å². The Morgan fingerprint density at radius 3 is 1.04 bits per heavy atom. The molecule has 6 N–H and O–H groups in total. The molecule has 0 bridgehead atoms. The monoisotopic (exact) mass is 2140 g/mol. The van der Waals surface area contributed by atoms with Crippen molar-refractivity contribution in [1.29, 1.82) is 0 Å². The zero-order chi connectivity index (χ0) is 116. The van der Waals surface area contributed by atoms with E-state index in [1.54, 1.807) is 128 Å². The van der Waals surface area contributed by atoms with Crippen LogP contribution in [0, 0.1) is 45.1 Å². The predicted octanol–water partition coefficient (Wildman–Crippen LogP) is 21.2. The van der Waals surface area contributed by atoms with Gasteiger partial charge in [-0.1, -0.05) is 22.6 Å². The minimum Gasteiger partial charge on any atom is -0.505 e. The van der Waals surface area contributed by atoms with Crippen LogP contribution in [0.5, 0.6) is 74.7 Å². The first-order valence-electron chi connectivity index (χ1n) is 51.1. The smallest absolute Gasteiger partial charge is 0.296 e. The van der Waals surface area contributed by atoms with Gasteiger partial charge in [0, 0.05) is 110 Å². The molecule has 8 aromatic carbocycles. The van der Waals surface area contributed by atoms with Gasteiger partial charge >= 0.3 is 0 Å². The van der Waals surface area contributed by atoms with Gasteiger partial charge in [-0.2, -0.15) is 20.4 Å². The number of halogens is 9. The zero-order valence-corrected chi connectivity index (χ0v) is 80.3. The number of phenols is 1. The number of likely N-dealkylation sites (tertiary alicyclic amines) is 2. The Morgan fingerprint density at radius 2 is 0.699 bits per heavy atom. The SMILES string of the molecule is CCl.COc1ccc2ncnc(Nc3ccc(Oc4ccn5ncnc5c4)c(C)c3)c2c1F.Cc1cc(Nc2ncnc3ccc(O)c(F)c23)ccc1Oc1ccn2ncnc2c1.[2H]C([2H])([2H])I.[2H]C([2H])([2H])N1CCC(O)C(F)(F)C1.[2H]C([2H])([2H])Oc1ccc2ncnc(Nc3ccc(Oc4ccn5ncnc5c4)c(C)c3)c2c1F.[2H]C([2H])([2H])Oc1ccc2ncnc(Nc3ccc(Oc4ccn5ncnc5c4)c(C)c3)c2c1OC1CCN(C([2H])([2H])[2H])CC1(F)F. The lowest BCUT2D eigenvalue weighted by Gasteiger charge is -2.36. The number of nitrogens with one attached hydrogen (secondary N) is 4. The van der Waals surface area contributed by atoms with Crippen molar-refractivity contribution in [2.45, 2.75) is 64.6 Å². The number of anilines is 8. The molecule has 146 heavy (non-hydrogen) atoms. The number of piperidine rings is 2. The molecule has 2 atom stereocenters. The number of ether oxygens (including phenoxy) is 8. The first-order chi connectivity index (χ1) is 76.4. The van der Waals surface area contributed by atoms with Gasteiger partial charge < -0.3 is 79.2 Å². The number of pyridine rings is 4. The van der Waals surface area contributed by atoms with Gasteiger partial charge in [0.1, 0.15) is 126 Å². The van der Waals surface area contributed by atoms with Crippen molar-refractivity contribution < 1.29 is 99.4 Å². The molecule has 0 spiro atoms. The van der Waals surface area contributed by atoms with Crippen LogP contribution in [0.4, 0.5) is 76.8 Å². The molecule has 45 heteroatoms. The fourth-order valence-corrected chi connectivity index (χ4v) is 15.2. The molecule has 0 amide bonds. The molecular formula is C101H93ClF7IN26O10. The Morgan fingerprint density at radius 1 is 0.384 bits per heavy atom. The summed E-state index contributed by atoms with van der Waals surface area (Å²) >= 11 is 6.02. The van der Waals surface area contributed by atoms with Gasteiger partial charge in [-0.3, -0.25) is 0 Å². The highest BCUT2D eigenvalue weighted by molar-refractivity contribution is 14.1. The topological polar surface area (TPSA) is 393 Å². The molecule has 20 aromatic rings. The standard InChI is InChI=1S/C28H27F2N7O3.2C22H17FN6O2.C21H15FN6O2.C6H11F2NO.CH3Cl.CH3I/c1-17-12-18(4-6-21(17)39-19-8-11-37-24(13-19)32-16-34-37)35-27-25-20(31-15-33-27)5-7-22(38-3)26(25)40-23-9-10-36(2)14-28(23,29)30;2*1-13-9-14(3-5-17(13)31-15-7-8-29-19(10-15)25-12-27-29)28-22-20-16(24-11-26-22)4-6-18(30-2)21(20)23;1-12-8-13(27-21-19-15(23-10-25-21)3-4-16(29)20(19)22)2-5-17(12)30-14-6-7-28-18(9-14)24-11-26-28;1-9-3-2-5(10)6(7,8)4-9;2*1-2/h4-8,11-13,15-16,23H,9-10,14H2,1-3H3,(H,31,33,35);2*3-12H,1-2H3,(H,24,26,28);2-11,29H,1H3,(H,23,25,27);5,10H,2-4H2,1H3;2*1H3/i2D3,3D3;2D3;;;1D3;;1D3. The molecule has 2 aliphatic rings. The Labute approximate surface area is 867 Å². The molecule has 22 rings (SSSR count). The van der Waals surface area contributed by atoms with E-state index in [9.17, 15) is 22.7 Å². The van der Waals surface area contributed by atoms with Crippen LogP contribution in [-0.2, 0) is 0 Å². The molecule has 36 nitrogen and oxygen atoms in total. The first-order valence-corrected chi connectivity index (χ1v) is 45.5. The number of phenolic OH excluding ortho intramolecular Hbond substituents is 1. The van der Waals surface area contributed by atoms with E-state index in [0.29, 0.717) is 118 Å². The average molecular weight is 2140 g/mol. The van der Waals surface area contributed by atoms with Gasteiger partial charge in [0.2, 0.25) is 0 Å². The molecule has 2 unspecified atom stereocenters. The average Bonchev–Trinajstić information content (AvgIpc) is 1.53. The van der Waals surface area contributed by atoms with Crippen molar-refractivity contribution in [1.82, 2.24) is 108 Å². The minimum absolute atomic E-state index is 0.0174. The van der Waals surface area contributed by atoms with Crippen molar-refractivity contribution in [2.24, 2.45) is 0 Å². The van der Waals surface area contributed by atoms with Crippen molar-refractivity contribution in [3.8, 4) is 74.7 Å². The Bertz CT molecular complexity index is 8700. The van der Waals surface area contributed by atoms with Gasteiger partial charge in [0.05, 0.1) is 86.1 Å². The summed E-state index contributed by atoms with van der Waals surface area (Å²) in [6.07, 6.45) is 15.6. The van der Waals surface area contributed by atoms with Crippen LogP contribution in [-0.4, -0.2) is 215 Å². The number of aryl methyl sites for hydroxylation is 4. The molecule has 0 radical (unpaired) electrons. The third-order valence-electron chi connectivity index (χ3n) is 22.3. The lowest BCUT2D eigenvalue weighted by atomic mass is 10.0. The number of alkyl halides is 6. The second-order valence-electron chi connectivity index (χ2n) is 32.0. The number of aliphatic hydroxyl groups is 1. The van der Waals surface area contributed by atoms with Crippen molar-refractivity contribution in [3.63, 3.8) is 0 Å². The number of aromatic nitrogens is 20. The van der Waals surface area contributed by atoms with Crippen LogP contribution >= 0.6 is 34.2 Å². The van der Waals surface area contributed by atoms with Gasteiger partial charge in [0.15, 0.2) is 74.9 Å². The van der Waals surface area contributed by atoms with Crippen LogP contribution in [0.2, 0.25) is 0 Å². The highest BCUT2D eigenvalue weighted by Gasteiger charge is 2.47. The maximum Gasteiger partial charge on any atom is 0.296 e. The number of methoxy groups -OCH3 is 3. The van der Waals surface area contributed by atoms with Gasteiger partial charge in [-0.25, -0.2) is 109 Å². The maximum atomic E-state index is 15.3. The van der Waals surface area contributed by atoms with Crippen LogP contribution in [0.3, 0.4) is 0 Å². The molecule has 2 saturated heterocycles. The number of fused-ring (bicyclic) bond motifs is 8. The number of nitrogens with zero attached hydrogens (tertiary/aromatic N) is 22. The Balaban J connectivity index is 0.000000144. The number of aromatic hydroxyl groups is 1. The van der Waals surface area contributed by atoms with E-state index in [1.807, 2.05) is 76.2 Å². The van der Waals surface area contributed by atoms with Crippen LogP contribution in [0.1, 0.15) is 55.7 Å². The van der Waals surface area contributed by atoms with E-state index in [-0.39, 0.29) is 87.7 Å². The number of hydrogen-bond acceptors (Lipinski definition) is 32. The fourth-order valence-electron chi connectivity index (χ4n) is 15.2. The van der Waals surface area contributed by atoms with Gasteiger partial charge in [0.25, 0.3) is 11.8 Å². The largest absolute Gasteiger partial charge is 0.505 e. The summed E-state index contributed by atoms with van der Waals surface area (Å²) in [5.41, 5.74) is 10.00. The highest BCUT2D eigenvalue weighted by Crippen LogP contribution is 2.45. The highest BCUT2D eigenvalue weighted by atomic mass is 127. The maximum absolute atomic E-state index is 15.3. The quantitative estimate of drug-likeness (QED) is 0.0221. The molecule has 2 aliphatic heterocycles. The molecule has 12 aromatic heterocycles. The fraction of sp³-hybridized carbons (Fsp3) is 0.208. The van der Waals surface area contributed by atoms with E-state index in [4.69, 9.17) is 63.6 Å². The lowest BCUT2D eigenvalue weighted by Crippen LogP contribution is -2.52. The number of benzene rings is 8. The molecule has 750 valence electrons. The third kappa shape index (κ3) is 23.6. The van der Waals surface area contributed by atoms with E-state index in [2.05, 4.69) is 113 Å². The summed E-state index contributed by atoms with van der Waals surface area (Å²) in [6.45, 7) is 0.142. The third-order valence-corrected chi connectivity index (χ3v) is 22.3. The predicted molar refractivity (Wildman–Crippen MR) is 546 cm³/mol. The minimum atomic E-state index is -3.60. The zero-order valence-electron chi connectivity index (χ0n) is 92.4. The van der Waals surface area contributed by atoms with E-state index in [0.717, 1.165) is 27.9 Å². The van der Waals surface area contributed by atoms with Crippen molar-refractivity contribution in [2.75, 3.05) is 93.8 Å².